The normalized spacial score (nSPS) is 18.9. The molecule has 0 bridgehead atoms. The molecule has 7 rings (SSSR count). The molecule has 2 saturated heterocycles. The molecule has 1 aromatic carbocycles. The lowest BCUT2D eigenvalue weighted by molar-refractivity contribution is -0.137. The zero-order chi connectivity index (χ0) is 33.8. The topological polar surface area (TPSA) is 94.8 Å². The van der Waals surface area contributed by atoms with Crippen molar-refractivity contribution in [3.8, 4) is 5.82 Å². The number of likely N-dealkylation sites (N-methyl/N-ethyl adjacent to an activating group) is 1. The Hall–Kier alpha value is -3.82. The van der Waals surface area contributed by atoms with E-state index in [4.69, 9.17) is 0 Å². The molecule has 0 atom stereocenters. The van der Waals surface area contributed by atoms with Gasteiger partial charge < -0.3 is 15.1 Å². The Kier molecular flexibility index (Phi) is 8.57. The molecule has 5 heterocycles. The molecule has 3 aliphatic rings. The summed E-state index contributed by atoms with van der Waals surface area (Å²) in [6.07, 6.45) is 2.99. The smallest absolute Gasteiger partial charge is 0.371 e. The number of aromatic nitrogens is 4. The lowest BCUT2D eigenvalue weighted by atomic mass is 10.00. The lowest BCUT2D eigenvalue weighted by Crippen LogP contribution is -2.52. The first-order valence-electron chi connectivity index (χ1n) is 16.2. The third kappa shape index (κ3) is 6.85. The highest BCUT2D eigenvalue weighted by Gasteiger charge is 2.37. The van der Waals surface area contributed by atoms with Crippen LogP contribution in [0.1, 0.15) is 42.9 Å². The molecular weight excluding hydrogens is 646 g/mol. The van der Waals surface area contributed by atoms with Crippen molar-refractivity contribution in [2.75, 3.05) is 69.0 Å². The molecule has 10 nitrogen and oxygen atoms in total. The predicted molar refractivity (Wildman–Crippen MR) is 180 cm³/mol. The van der Waals surface area contributed by atoms with Gasteiger partial charge in [-0.25, -0.2) is 18.6 Å². The highest BCUT2D eigenvalue weighted by Crippen LogP contribution is 2.45. The van der Waals surface area contributed by atoms with Crippen LogP contribution >= 0.6 is 0 Å². The number of nitrogens with one attached hydrogen (secondary N) is 1. The summed E-state index contributed by atoms with van der Waals surface area (Å²) in [7, 11) is -0.386. The number of hydrogen-bond acceptors (Lipinski definition) is 9. The monoisotopic (exact) mass is 685 g/mol. The average Bonchev–Trinajstić information content (AvgIpc) is 3.84. The maximum atomic E-state index is 15.8. The van der Waals surface area contributed by atoms with E-state index in [1.807, 2.05) is 4.90 Å². The van der Waals surface area contributed by atoms with Crippen molar-refractivity contribution in [3.63, 3.8) is 0 Å². The Balaban J connectivity index is 1.18. The van der Waals surface area contributed by atoms with Gasteiger partial charge in [0.25, 0.3) is 0 Å². The van der Waals surface area contributed by atoms with Gasteiger partial charge in [-0.3, -0.25) is 9.47 Å². The number of anilines is 3. The molecule has 1 saturated carbocycles. The fourth-order valence-corrected chi connectivity index (χ4v) is 7.33. The van der Waals surface area contributed by atoms with Crippen LogP contribution in [0.3, 0.4) is 0 Å². The summed E-state index contributed by atoms with van der Waals surface area (Å²) in [6.45, 7) is 5.09. The average molecular weight is 686 g/mol. The van der Waals surface area contributed by atoms with E-state index in [0.717, 1.165) is 57.9 Å². The zero-order valence-electron chi connectivity index (χ0n) is 27.2. The van der Waals surface area contributed by atoms with Gasteiger partial charge in [-0.15, -0.1) is 0 Å². The molecule has 2 aliphatic heterocycles. The number of hydrogen-bond donors (Lipinski definition) is 1. The van der Waals surface area contributed by atoms with E-state index >= 15 is 4.39 Å². The highest BCUT2D eigenvalue weighted by molar-refractivity contribution is 7.92. The molecule has 256 valence electrons. The molecule has 4 aromatic rings. The van der Waals surface area contributed by atoms with E-state index in [1.54, 1.807) is 28.8 Å². The van der Waals surface area contributed by atoms with Crippen molar-refractivity contribution in [1.29, 1.82) is 0 Å². The van der Waals surface area contributed by atoms with Crippen LogP contribution in [0.4, 0.5) is 40.7 Å². The molecule has 0 unspecified atom stereocenters. The number of rotatable bonds is 7. The van der Waals surface area contributed by atoms with Crippen molar-refractivity contribution >= 4 is 43.9 Å². The first-order chi connectivity index (χ1) is 22.8. The Bertz CT molecular complexity index is 1940. The van der Waals surface area contributed by atoms with Gasteiger partial charge in [0.2, 0.25) is 5.95 Å². The van der Waals surface area contributed by atoms with Gasteiger partial charge in [0.15, 0.2) is 17.3 Å². The quantitative estimate of drug-likeness (QED) is 0.231. The van der Waals surface area contributed by atoms with Crippen molar-refractivity contribution < 1.29 is 21.8 Å². The van der Waals surface area contributed by atoms with Crippen LogP contribution in [-0.2, 0) is 15.9 Å². The van der Waals surface area contributed by atoms with Crippen molar-refractivity contribution in [2.24, 2.45) is 4.36 Å². The number of alkyl halides is 3. The second kappa shape index (κ2) is 12.6. The molecule has 0 amide bonds. The number of halogens is 4. The minimum absolute atomic E-state index is 0.0171. The number of piperidine rings is 1. The van der Waals surface area contributed by atoms with Gasteiger partial charge in [0.05, 0.1) is 16.6 Å². The number of pyridine rings is 1. The van der Waals surface area contributed by atoms with Gasteiger partial charge >= 0.3 is 6.18 Å². The number of fused-ring (bicyclic) bond motifs is 1. The van der Waals surface area contributed by atoms with E-state index in [9.17, 15) is 17.4 Å². The Morgan fingerprint density at radius 1 is 0.958 bits per heavy atom. The molecule has 1 N–H and O–H groups in total. The molecule has 3 fully saturated rings. The molecule has 48 heavy (non-hydrogen) atoms. The molecule has 0 radical (unpaired) electrons. The van der Waals surface area contributed by atoms with Gasteiger partial charge in [0, 0.05) is 91.0 Å². The third-order valence-electron chi connectivity index (χ3n) is 9.33. The molecule has 3 aromatic heterocycles. The van der Waals surface area contributed by atoms with Gasteiger partial charge in [-0.2, -0.15) is 22.5 Å². The SMILES string of the molecule is CN1CCN(C2CCN(c3ccc(Nc4ncc5c(F)c(C6CC6)n(-c6cccc(N=S(C)(C)=O)n6)c5n4)cc3C(F)(F)F)CC2)CC1. The summed E-state index contributed by atoms with van der Waals surface area (Å²) < 4.78 is 77.3. The van der Waals surface area contributed by atoms with Gasteiger partial charge in [-0.05, 0) is 63.1 Å². The summed E-state index contributed by atoms with van der Waals surface area (Å²) in [5.41, 5.74) is 0.227. The third-order valence-corrected chi connectivity index (χ3v) is 9.95. The summed E-state index contributed by atoms with van der Waals surface area (Å²) in [5.74, 6) is 0.109. The van der Waals surface area contributed by atoms with Crippen molar-refractivity contribution in [1.82, 2.24) is 29.3 Å². The first-order valence-corrected chi connectivity index (χ1v) is 18.5. The second-order valence-corrected chi connectivity index (χ2v) is 15.8. The molecular formula is C33H39F4N9OS. The van der Waals surface area contributed by atoms with Crippen LogP contribution < -0.4 is 10.2 Å². The van der Waals surface area contributed by atoms with E-state index in [0.29, 0.717) is 30.6 Å². The summed E-state index contributed by atoms with van der Waals surface area (Å²) >= 11 is 0. The molecule has 0 spiro atoms. The second-order valence-electron chi connectivity index (χ2n) is 13.3. The van der Waals surface area contributed by atoms with Crippen LogP contribution in [0.15, 0.2) is 47.0 Å². The summed E-state index contributed by atoms with van der Waals surface area (Å²) in [6, 6.07) is 9.58. The van der Waals surface area contributed by atoms with E-state index in [2.05, 4.69) is 41.5 Å². The minimum atomic E-state index is -4.58. The largest absolute Gasteiger partial charge is 0.418 e. The fraction of sp³-hybridized carbons (Fsp3) is 0.485. The Labute approximate surface area is 277 Å². The Morgan fingerprint density at radius 3 is 2.35 bits per heavy atom. The minimum Gasteiger partial charge on any atom is -0.371 e. The van der Waals surface area contributed by atoms with Crippen molar-refractivity contribution in [3.05, 3.63) is 59.7 Å². The van der Waals surface area contributed by atoms with Gasteiger partial charge in [0.1, 0.15) is 5.82 Å². The van der Waals surface area contributed by atoms with E-state index in [1.165, 1.54) is 24.8 Å². The van der Waals surface area contributed by atoms with Crippen molar-refractivity contribution in [2.45, 2.75) is 43.8 Å². The predicted octanol–water partition coefficient (Wildman–Crippen LogP) is 6.17. The summed E-state index contributed by atoms with van der Waals surface area (Å²) in [5, 5.41) is 3.10. The number of piperazine rings is 1. The van der Waals surface area contributed by atoms with Crippen LogP contribution in [0.2, 0.25) is 0 Å². The van der Waals surface area contributed by atoms with E-state index < -0.39 is 27.3 Å². The Morgan fingerprint density at radius 2 is 1.69 bits per heavy atom. The maximum Gasteiger partial charge on any atom is 0.418 e. The lowest BCUT2D eigenvalue weighted by Gasteiger charge is -2.43. The van der Waals surface area contributed by atoms with Crippen LogP contribution in [0.5, 0.6) is 0 Å². The zero-order valence-corrected chi connectivity index (χ0v) is 28.0. The van der Waals surface area contributed by atoms with E-state index in [-0.39, 0.29) is 40.1 Å². The van der Waals surface area contributed by atoms with Gasteiger partial charge in [-0.1, -0.05) is 6.07 Å². The number of benzene rings is 1. The highest BCUT2D eigenvalue weighted by atomic mass is 32.2. The summed E-state index contributed by atoms with van der Waals surface area (Å²) in [4.78, 5) is 20.0. The maximum absolute atomic E-state index is 15.8. The molecule has 15 heteroatoms. The first kappa shape index (κ1) is 32.7. The number of nitrogens with zero attached hydrogens (tertiary/aromatic N) is 8. The molecule has 1 aliphatic carbocycles. The standard InChI is InChI=1S/C33H39F4N9OS/c1-43-15-17-44(18-16-43)23-11-13-45(14-12-23)26-10-9-22(19-25(26)33(35,36)37)39-32-38-20-24-29(34)30(21-7-8-21)46(31(24)41-32)28-6-4-5-27(40-28)42-48(2,3)47/h4-6,9-10,19-21,23H,7-8,11-18H2,1-3H3,(H,38,39,41). The van der Waals surface area contributed by atoms with Crippen LogP contribution in [0, 0.1) is 5.82 Å². The van der Waals surface area contributed by atoms with Crippen LogP contribution in [-0.4, -0.2) is 98.4 Å². The fourth-order valence-electron chi connectivity index (χ4n) is 6.78. The van der Waals surface area contributed by atoms with Crippen LogP contribution in [0.25, 0.3) is 16.9 Å².